The summed E-state index contributed by atoms with van der Waals surface area (Å²) in [5.74, 6) is -1.59. The van der Waals surface area contributed by atoms with Crippen molar-refractivity contribution in [3.8, 4) is 0 Å². The molecule has 2 aromatic carbocycles. The van der Waals surface area contributed by atoms with Gasteiger partial charge in [0.2, 0.25) is 0 Å². The van der Waals surface area contributed by atoms with Gasteiger partial charge in [-0.05, 0) is 64.6 Å². The molecule has 0 aliphatic rings. The van der Waals surface area contributed by atoms with Crippen molar-refractivity contribution < 1.29 is 13.6 Å². The third-order valence-electron chi connectivity index (χ3n) is 2.48. The number of halogens is 3. The molecule has 19 heavy (non-hydrogen) atoms. The number of hydrogen-bond donors (Lipinski definition) is 1. The Morgan fingerprint density at radius 2 is 1.63 bits per heavy atom. The second kappa shape index (κ2) is 6.10. The fourth-order valence-electron chi connectivity index (χ4n) is 1.60. The average molecular weight is 373 g/mol. The molecule has 0 heterocycles. The lowest BCUT2D eigenvalue weighted by Gasteiger charge is -2.06. The summed E-state index contributed by atoms with van der Waals surface area (Å²) in [5, 5.41) is 2.61. The minimum atomic E-state index is -0.654. The Labute approximate surface area is 123 Å². The van der Waals surface area contributed by atoms with Crippen molar-refractivity contribution in [3.05, 3.63) is 68.8 Å². The first-order chi connectivity index (χ1) is 9.04. The van der Waals surface area contributed by atoms with Crippen LogP contribution in [0.1, 0.15) is 15.9 Å². The van der Waals surface area contributed by atoms with Gasteiger partial charge in [0.25, 0.3) is 5.91 Å². The van der Waals surface area contributed by atoms with Gasteiger partial charge in [-0.25, -0.2) is 8.78 Å². The van der Waals surface area contributed by atoms with Gasteiger partial charge in [-0.3, -0.25) is 4.79 Å². The fraction of sp³-hybridized carbons (Fsp3) is 0.0714. The van der Waals surface area contributed by atoms with Crippen LogP contribution < -0.4 is 5.32 Å². The first-order valence-corrected chi connectivity index (χ1v) is 6.61. The number of hydrogen-bond acceptors (Lipinski definition) is 1. The molecule has 0 atom stereocenters. The van der Waals surface area contributed by atoms with E-state index in [2.05, 4.69) is 27.9 Å². The largest absolute Gasteiger partial charge is 0.348 e. The summed E-state index contributed by atoms with van der Waals surface area (Å²) in [6.45, 7) is 0.0828. The molecule has 0 fully saturated rings. The van der Waals surface area contributed by atoms with Gasteiger partial charge in [-0.1, -0.05) is 0 Å². The molecule has 0 unspecified atom stereocenters. The van der Waals surface area contributed by atoms with E-state index in [0.29, 0.717) is 11.1 Å². The zero-order valence-electron chi connectivity index (χ0n) is 9.79. The van der Waals surface area contributed by atoms with Gasteiger partial charge in [0.1, 0.15) is 11.6 Å². The highest BCUT2D eigenvalue weighted by atomic mass is 127. The smallest absolute Gasteiger partial charge is 0.251 e. The van der Waals surface area contributed by atoms with Gasteiger partial charge in [0, 0.05) is 21.7 Å². The van der Waals surface area contributed by atoms with E-state index in [-0.39, 0.29) is 12.5 Å². The van der Waals surface area contributed by atoms with Crippen LogP contribution in [0.3, 0.4) is 0 Å². The van der Waals surface area contributed by atoms with E-state index in [0.717, 1.165) is 9.64 Å². The third kappa shape index (κ3) is 3.99. The molecule has 2 rings (SSSR count). The maximum absolute atomic E-state index is 13.0. The molecule has 2 aromatic rings. The van der Waals surface area contributed by atoms with Gasteiger partial charge in [0.15, 0.2) is 0 Å². The van der Waals surface area contributed by atoms with Crippen LogP contribution in [0.15, 0.2) is 42.5 Å². The van der Waals surface area contributed by atoms with E-state index in [4.69, 9.17) is 0 Å². The van der Waals surface area contributed by atoms with Crippen molar-refractivity contribution in [2.75, 3.05) is 0 Å². The Balaban J connectivity index is 2.02. The predicted molar refractivity (Wildman–Crippen MR) is 76.7 cm³/mol. The first-order valence-electron chi connectivity index (χ1n) is 5.53. The monoisotopic (exact) mass is 373 g/mol. The number of rotatable bonds is 3. The molecule has 1 N–H and O–H groups in total. The van der Waals surface area contributed by atoms with Crippen LogP contribution in [-0.4, -0.2) is 5.91 Å². The normalized spacial score (nSPS) is 10.3. The Bertz CT molecular complexity index is 579. The second-order valence-corrected chi connectivity index (χ2v) is 5.21. The zero-order chi connectivity index (χ0) is 13.8. The van der Waals surface area contributed by atoms with Gasteiger partial charge < -0.3 is 5.32 Å². The zero-order valence-corrected chi connectivity index (χ0v) is 11.9. The molecule has 0 aliphatic heterocycles. The van der Waals surface area contributed by atoms with Gasteiger partial charge in [0.05, 0.1) is 0 Å². The fourth-order valence-corrected chi connectivity index (χ4v) is 1.96. The predicted octanol–water partition coefficient (Wildman–Crippen LogP) is 3.50. The van der Waals surface area contributed by atoms with Crippen molar-refractivity contribution in [3.63, 3.8) is 0 Å². The summed E-state index contributed by atoms with van der Waals surface area (Å²) in [6, 6.07) is 10.2. The maximum Gasteiger partial charge on any atom is 0.251 e. The highest BCUT2D eigenvalue weighted by Crippen LogP contribution is 2.09. The minimum absolute atomic E-state index is 0.0828. The summed E-state index contributed by atoms with van der Waals surface area (Å²) in [5.41, 5.74) is 0.897. The Hall–Kier alpha value is -1.50. The highest BCUT2D eigenvalue weighted by Gasteiger charge is 2.06. The molecular weight excluding hydrogens is 363 g/mol. The third-order valence-corrected chi connectivity index (χ3v) is 3.20. The molecule has 98 valence electrons. The molecule has 1 amide bonds. The summed E-state index contributed by atoms with van der Waals surface area (Å²) in [4.78, 5) is 11.8. The molecule has 5 heteroatoms. The number of benzene rings is 2. The van der Waals surface area contributed by atoms with Crippen LogP contribution in [0.5, 0.6) is 0 Å². The van der Waals surface area contributed by atoms with Crippen molar-refractivity contribution in [2.45, 2.75) is 6.54 Å². The van der Waals surface area contributed by atoms with E-state index in [1.807, 2.05) is 12.1 Å². The Morgan fingerprint density at radius 1 is 1.05 bits per heavy atom. The average Bonchev–Trinajstić information content (AvgIpc) is 2.36. The molecule has 0 aromatic heterocycles. The summed E-state index contributed by atoms with van der Waals surface area (Å²) >= 11 is 2.14. The lowest BCUT2D eigenvalue weighted by molar-refractivity contribution is 0.0951. The summed E-state index contributed by atoms with van der Waals surface area (Å²) in [7, 11) is 0. The van der Waals surface area contributed by atoms with Crippen molar-refractivity contribution >= 4 is 28.5 Å². The van der Waals surface area contributed by atoms with E-state index < -0.39 is 11.6 Å². The van der Waals surface area contributed by atoms with E-state index in [1.165, 1.54) is 12.1 Å². The SMILES string of the molecule is O=C(NCc1cc(F)cc(F)c1)c1ccc(I)cc1. The molecule has 0 spiro atoms. The van der Waals surface area contributed by atoms with Gasteiger partial charge in [-0.15, -0.1) is 0 Å². The van der Waals surface area contributed by atoms with Gasteiger partial charge in [-0.2, -0.15) is 0 Å². The van der Waals surface area contributed by atoms with Crippen LogP contribution >= 0.6 is 22.6 Å². The summed E-state index contributed by atoms with van der Waals surface area (Å²) in [6.07, 6.45) is 0. The Kier molecular flexibility index (Phi) is 4.47. The maximum atomic E-state index is 13.0. The van der Waals surface area contributed by atoms with Crippen molar-refractivity contribution in [1.82, 2.24) is 5.32 Å². The number of nitrogens with one attached hydrogen (secondary N) is 1. The topological polar surface area (TPSA) is 29.1 Å². The number of carbonyl (C=O) groups is 1. The van der Waals surface area contributed by atoms with Crippen molar-refractivity contribution in [2.24, 2.45) is 0 Å². The quantitative estimate of drug-likeness (QED) is 0.820. The molecule has 2 nitrogen and oxygen atoms in total. The van der Waals surface area contributed by atoms with Crippen LogP contribution in [0.25, 0.3) is 0 Å². The lowest BCUT2D eigenvalue weighted by Crippen LogP contribution is -2.22. The van der Waals surface area contributed by atoms with E-state index in [9.17, 15) is 13.6 Å². The van der Waals surface area contributed by atoms with Crippen LogP contribution in [-0.2, 0) is 6.54 Å². The summed E-state index contributed by atoms with van der Waals surface area (Å²) < 4.78 is 27.0. The van der Waals surface area contributed by atoms with Crippen LogP contribution in [0.2, 0.25) is 0 Å². The molecule has 0 radical (unpaired) electrons. The van der Waals surface area contributed by atoms with Crippen molar-refractivity contribution in [1.29, 1.82) is 0 Å². The lowest BCUT2D eigenvalue weighted by atomic mass is 10.2. The highest BCUT2D eigenvalue weighted by molar-refractivity contribution is 14.1. The molecular formula is C14H10F2INO. The molecule has 0 saturated carbocycles. The molecule has 0 saturated heterocycles. The number of carbonyl (C=O) groups excluding carboxylic acids is 1. The number of amides is 1. The van der Waals surface area contributed by atoms with E-state index >= 15 is 0 Å². The molecule has 0 aliphatic carbocycles. The minimum Gasteiger partial charge on any atom is -0.348 e. The Morgan fingerprint density at radius 3 is 2.21 bits per heavy atom. The molecule has 0 bridgehead atoms. The van der Waals surface area contributed by atoms with Crippen LogP contribution in [0.4, 0.5) is 8.78 Å². The standard InChI is InChI=1S/C14H10F2INO/c15-11-5-9(6-12(16)7-11)8-18-14(19)10-1-3-13(17)4-2-10/h1-7H,8H2,(H,18,19). The first kappa shape index (κ1) is 13.9. The van der Waals surface area contributed by atoms with Gasteiger partial charge >= 0.3 is 0 Å². The van der Waals surface area contributed by atoms with E-state index in [1.54, 1.807) is 12.1 Å². The van der Waals surface area contributed by atoms with Crippen LogP contribution in [0, 0.1) is 15.2 Å². The second-order valence-electron chi connectivity index (χ2n) is 3.97.